The van der Waals surface area contributed by atoms with E-state index in [4.69, 9.17) is 16.3 Å². The predicted octanol–water partition coefficient (Wildman–Crippen LogP) is 4.62. The average molecular weight is 399 g/mol. The van der Waals surface area contributed by atoms with E-state index in [1.165, 1.54) is 17.3 Å². The molecule has 1 N–H and O–H groups in total. The lowest BCUT2D eigenvalue weighted by Crippen LogP contribution is -2.30. The van der Waals surface area contributed by atoms with Crippen molar-refractivity contribution in [3.8, 4) is 11.4 Å². The number of amides is 1. The van der Waals surface area contributed by atoms with E-state index in [0.29, 0.717) is 22.1 Å². The van der Waals surface area contributed by atoms with Gasteiger partial charge in [0.25, 0.3) is 5.91 Å². The standard InChI is InChI=1S/C21H23ClN4O2/c1-14(28-16-8-5-7-15(11-16)21(2,3)4)20(27)25-18-10-6-9-17(22)19(18)26-13-23-12-24-26/h5-14H,1-4H3,(H,25,27). The third-order valence-corrected chi connectivity index (χ3v) is 4.58. The molecule has 1 unspecified atom stereocenters. The fraction of sp³-hybridized carbons (Fsp3) is 0.286. The van der Waals surface area contributed by atoms with Gasteiger partial charge in [0.15, 0.2) is 6.10 Å². The molecule has 28 heavy (non-hydrogen) atoms. The van der Waals surface area contributed by atoms with Gasteiger partial charge in [0.2, 0.25) is 0 Å². The van der Waals surface area contributed by atoms with Crippen molar-refractivity contribution < 1.29 is 9.53 Å². The molecule has 0 spiro atoms. The van der Waals surface area contributed by atoms with Crippen molar-refractivity contribution in [2.75, 3.05) is 5.32 Å². The summed E-state index contributed by atoms with van der Waals surface area (Å²) < 4.78 is 7.38. The quantitative estimate of drug-likeness (QED) is 0.680. The molecule has 3 aromatic rings. The number of anilines is 1. The Morgan fingerprint density at radius 1 is 1.21 bits per heavy atom. The lowest BCUT2D eigenvalue weighted by molar-refractivity contribution is -0.122. The van der Waals surface area contributed by atoms with E-state index in [9.17, 15) is 4.79 Å². The number of aromatic nitrogens is 3. The van der Waals surface area contributed by atoms with Crippen molar-refractivity contribution in [3.05, 3.63) is 65.7 Å². The minimum atomic E-state index is -0.696. The Hall–Kier alpha value is -2.86. The smallest absolute Gasteiger partial charge is 0.265 e. The molecular weight excluding hydrogens is 376 g/mol. The molecule has 0 aliphatic heterocycles. The van der Waals surface area contributed by atoms with Crippen molar-refractivity contribution in [2.45, 2.75) is 39.2 Å². The third-order valence-electron chi connectivity index (χ3n) is 4.27. The van der Waals surface area contributed by atoms with Crippen LogP contribution in [0.15, 0.2) is 55.1 Å². The highest BCUT2D eigenvalue weighted by Crippen LogP contribution is 2.29. The van der Waals surface area contributed by atoms with Crippen LogP contribution in [-0.4, -0.2) is 26.8 Å². The molecule has 7 heteroatoms. The van der Waals surface area contributed by atoms with Gasteiger partial charge in [-0.25, -0.2) is 9.67 Å². The highest BCUT2D eigenvalue weighted by atomic mass is 35.5. The van der Waals surface area contributed by atoms with Crippen LogP contribution in [0.25, 0.3) is 5.69 Å². The summed E-state index contributed by atoms with van der Waals surface area (Å²) in [7, 11) is 0. The zero-order chi connectivity index (χ0) is 20.3. The Kier molecular flexibility index (Phi) is 5.70. The maximum Gasteiger partial charge on any atom is 0.265 e. The van der Waals surface area contributed by atoms with Crippen molar-refractivity contribution >= 4 is 23.2 Å². The van der Waals surface area contributed by atoms with E-state index in [-0.39, 0.29) is 11.3 Å². The van der Waals surface area contributed by atoms with Gasteiger partial charge >= 0.3 is 0 Å². The number of nitrogens with one attached hydrogen (secondary N) is 1. The summed E-state index contributed by atoms with van der Waals surface area (Å²) in [4.78, 5) is 16.6. The minimum absolute atomic E-state index is 0.00163. The summed E-state index contributed by atoms with van der Waals surface area (Å²) in [5.74, 6) is 0.363. The Morgan fingerprint density at radius 2 is 1.96 bits per heavy atom. The van der Waals surface area contributed by atoms with E-state index < -0.39 is 6.10 Å². The van der Waals surface area contributed by atoms with Crippen LogP contribution in [0.1, 0.15) is 33.3 Å². The highest BCUT2D eigenvalue weighted by molar-refractivity contribution is 6.33. The lowest BCUT2D eigenvalue weighted by atomic mass is 9.87. The number of hydrogen-bond acceptors (Lipinski definition) is 4. The molecule has 146 valence electrons. The first-order valence-electron chi connectivity index (χ1n) is 8.97. The first kappa shape index (κ1) is 19.9. The number of carbonyl (C=O) groups excluding carboxylic acids is 1. The number of nitrogens with zero attached hydrogens (tertiary/aromatic N) is 3. The summed E-state index contributed by atoms with van der Waals surface area (Å²) in [6.07, 6.45) is 2.23. The first-order chi connectivity index (χ1) is 13.3. The molecule has 1 atom stereocenters. The molecule has 2 aromatic carbocycles. The van der Waals surface area contributed by atoms with Crippen LogP contribution in [0, 0.1) is 0 Å². The molecule has 0 saturated carbocycles. The molecule has 0 radical (unpaired) electrons. The van der Waals surface area contributed by atoms with E-state index in [1.807, 2.05) is 24.3 Å². The zero-order valence-electron chi connectivity index (χ0n) is 16.3. The van der Waals surface area contributed by atoms with Crippen molar-refractivity contribution in [1.29, 1.82) is 0 Å². The molecule has 1 heterocycles. The average Bonchev–Trinajstić information content (AvgIpc) is 3.15. The Bertz CT molecular complexity index is 965. The summed E-state index contributed by atoms with van der Waals surface area (Å²) in [6, 6.07) is 13.0. The van der Waals surface area contributed by atoms with Crippen LogP contribution in [0.4, 0.5) is 5.69 Å². The minimum Gasteiger partial charge on any atom is -0.481 e. The second-order valence-electron chi connectivity index (χ2n) is 7.50. The molecule has 0 aliphatic rings. The van der Waals surface area contributed by atoms with Gasteiger partial charge in [0.1, 0.15) is 24.1 Å². The zero-order valence-corrected chi connectivity index (χ0v) is 17.1. The van der Waals surface area contributed by atoms with Gasteiger partial charge in [-0.05, 0) is 42.2 Å². The van der Waals surface area contributed by atoms with Gasteiger partial charge < -0.3 is 10.1 Å². The van der Waals surface area contributed by atoms with Crippen LogP contribution in [0.3, 0.4) is 0 Å². The molecular formula is C21H23ClN4O2. The van der Waals surface area contributed by atoms with Crippen LogP contribution in [0.2, 0.25) is 5.02 Å². The normalized spacial score (nSPS) is 12.5. The lowest BCUT2D eigenvalue weighted by Gasteiger charge is -2.21. The van der Waals surface area contributed by atoms with Gasteiger partial charge in [-0.3, -0.25) is 4.79 Å². The van der Waals surface area contributed by atoms with Gasteiger partial charge in [-0.1, -0.05) is 50.6 Å². The van der Waals surface area contributed by atoms with E-state index in [2.05, 4.69) is 36.2 Å². The van der Waals surface area contributed by atoms with Crippen LogP contribution >= 0.6 is 11.6 Å². The SMILES string of the molecule is CC(Oc1cccc(C(C)(C)C)c1)C(=O)Nc1cccc(Cl)c1-n1cncn1. The highest BCUT2D eigenvalue weighted by Gasteiger charge is 2.20. The Labute approximate surface area is 169 Å². The predicted molar refractivity (Wildman–Crippen MR) is 110 cm³/mol. The third kappa shape index (κ3) is 4.51. The second-order valence-corrected chi connectivity index (χ2v) is 7.91. The molecule has 1 amide bonds. The van der Waals surface area contributed by atoms with E-state index >= 15 is 0 Å². The monoisotopic (exact) mass is 398 g/mol. The van der Waals surface area contributed by atoms with Gasteiger partial charge in [-0.2, -0.15) is 5.10 Å². The Balaban J connectivity index is 1.77. The number of para-hydroxylation sites is 1. The molecule has 6 nitrogen and oxygen atoms in total. The number of ether oxygens (including phenoxy) is 1. The molecule has 0 bridgehead atoms. The fourth-order valence-electron chi connectivity index (χ4n) is 2.70. The van der Waals surface area contributed by atoms with Crippen molar-refractivity contribution in [3.63, 3.8) is 0 Å². The molecule has 3 rings (SSSR count). The Morgan fingerprint density at radius 3 is 2.64 bits per heavy atom. The van der Waals surface area contributed by atoms with Gasteiger partial charge in [-0.15, -0.1) is 0 Å². The number of hydrogen-bond donors (Lipinski definition) is 1. The van der Waals surface area contributed by atoms with Crippen molar-refractivity contribution in [1.82, 2.24) is 14.8 Å². The van der Waals surface area contributed by atoms with Crippen LogP contribution < -0.4 is 10.1 Å². The maximum atomic E-state index is 12.7. The fourth-order valence-corrected chi connectivity index (χ4v) is 2.96. The van der Waals surface area contributed by atoms with Crippen molar-refractivity contribution in [2.24, 2.45) is 0 Å². The number of rotatable bonds is 5. The molecule has 1 aromatic heterocycles. The number of benzene rings is 2. The summed E-state index contributed by atoms with van der Waals surface area (Å²) in [5.41, 5.74) is 2.22. The van der Waals surface area contributed by atoms with Gasteiger partial charge in [0.05, 0.1) is 10.7 Å². The van der Waals surface area contributed by atoms with E-state index in [0.717, 1.165) is 5.56 Å². The molecule has 0 saturated heterocycles. The summed E-state index contributed by atoms with van der Waals surface area (Å²) >= 11 is 6.30. The number of carbonyl (C=O) groups is 1. The molecule has 0 fully saturated rings. The maximum absolute atomic E-state index is 12.7. The number of halogens is 1. The van der Waals surface area contributed by atoms with Crippen LogP contribution in [0.5, 0.6) is 5.75 Å². The largest absolute Gasteiger partial charge is 0.481 e. The second kappa shape index (κ2) is 8.02. The topological polar surface area (TPSA) is 69.0 Å². The molecule has 0 aliphatic carbocycles. The first-order valence-corrected chi connectivity index (χ1v) is 9.35. The summed E-state index contributed by atoms with van der Waals surface area (Å²) in [5, 5.41) is 7.42. The van der Waals surface area contributed by atoms with Crippen LogP contribution in [-0.2, 0) is 10.2 Å². The van der Waals surface area contributed by atoms with E-state index in [1.54, 1.807) is 25.1 Å². The summed E-state index contributed by atoms with van der Waals surface area (Å²) in [6.45, 7) is 8.10. The van der Waals surface area contributed by atoms with Gasteiger partial charge in [0, 0.05) is 0 Å².